The van der Waals surface area contributed by atoms with E-state index in [1.165, 1.54) is 5.56 Å². The van der Waals surface area contributed by atoms with E-state index in [0.717, 1.165) is 49.8 Å². The Morgan fingerprint density at radius 2 is 1.68 bits per heavy atom. The van der Waals surface area contributed by atoms with Gasteiger partial charge < -0.3 is 14.8 Å². The summed E-state index contributed by atoms with van der Waals surface area (Å²) in [5.41, 5.74) is 2.20. The van der Waals surface area contributed by atoms with Crippen molar-refractivity contribution in [2.75, 3.05) is 52.3 Å². The van der Waals surface area contributed by atoms with Gasteiger partial charge in [0.05, 0.1) is 33.5 Å². The average Bonchev–Trinajstić information content (AvgIpc) is 3.26. The Kier molecular flexibility index (Phi) is 8.05. The maximum atomic E-state index is 12.7. The van der Waals surface area contributed by atoms with Gasteiger partial charge in [0, 0.05) is 43.8 Å². The highest BCUT2D eigenvalue weighted by Gasteiger charge is 2.20. The van der Waals surface area contributed by atoms with Crippen molar-refractivity contribution in [1.82, 2.24) is 19.6 Å². The Hall–Kier alpha value is -3.07. The molecule has 1 fully saturated rings. The lowest BCUT2D eigenvalue weighted by Gasteiger charge is -2.34. The van der Waals surface area contributed by atoms with Gasteiger partial charge in [-0.25, -0.2) is 4.68 Å². The zero-order chi connectivity index (χ0) is 23.9. The van der Waals surface area contributed by atoms with Gasteiger partial charge in [-0.3, -0.25) is 14.6 Å². The molecule has 1 amide bonds. The first-order valence-corrected chi connectivity index (χ1v) is 11.6. The lowest BCUT2D eigenvalue weighted by atomic mass is 10.1. The van der Waals surface area contributed by atoms with Crippen molar-refractivity contribution >= 4 is 23.3 Å². The maximum Gasteiger partial charge on any atom is 0.239 e. The third kappa shape index (κ3) is 6.28. The number of nitrogens with one attached hydrogen (secondary N) is 1. The summed E-state index contributed by atoms with van der Waals surface area (Å²) in [6, 6.07) is 15.5. The second kappa shape index (κ2) is 11.4. The predicted octanol–water partition coefficient (Wildman–Crippen LogP) is 3.36. The molecule has 0 spiro atoms. The van der Waals surface area contributed by atoms with Crippen LogP contribution in [-0.2, 0) is 17.9 Å². The number of carbonyl (C=O) groups excluding carboxylic acids is 1. The number of amides is 1. The number of methoxy groups -OCH3 is 2. The van der Waals surface area contributed by atoms with Crippen LogP contribution < -0.4 is 14.8 Å². The van der Waals surface area contributed by atoms with Gasteiger partial charge >= 0.3 is 0 Å². The Morgan fingerprint density at radius 3 is 2.41 bits per heavy atom. The van der Waals surface area contributed by atoms with Crippen molar-refractivity contribution < 1.29 is 14.3 Å². The van der Waals surface area contributed by atoms with Crippen molar-refractivity contribution in [1.29, 1.82) is 0 Å². The maximum absolute atomic E-state index is 12.7. The summed E-state index contributed by atoms with van der Waals surface area (Å²) in [6.07, 6.45) is 1.69. The average molecular weight is 484 g/mol. The molecule has 1 aliphatic rings. The summed E-state index contributed by atoms with van der Waals surface area (Å²) >= 11 is 6.08. The number of hydrogen-bond donors (Lipinski definition) is 1. The van der Waals surface area contributed by atoms with Crippen LogP contribution in [0.2, 0.25) is 5.02 Å². The van der Waals surface area contributed by atoms with Crippen LogP contribution in [0.5, 0.6) is 11.5 Å². The Balaban J connectivity index is 1.25. The molecular formula is C25H30ClN5O3. The Morgan fingerprint density at radius 1 is 0.941 bits per heavy atom. The van der Waals surface area contributed by atoms with Crippen LogP contribution in [0.3, 0.4) is 0 Å². The number of rotatable bonds is 9. The van der Waals surface area contributed by atoms with Crippen LogP contribution in [0.15, 0.2) is 54.7 Å². The number of halogens is 1. The molecule has 2 aromatic carbocycles. The third-order valence-electron chi connectivity index (χ3n) is 5.89. The van der Waals surface area contributed by atoms with E-state index >= 15 is 0 Å². The topological polar surface area (TPSA) is 71.9 Å². The molecule has 0 radical (unpaired) electrons. The minimum atomic E-state index is -0.0406. The smallest absolute Gasteiger partial charge is 0.239 e. The lowest BCUT2D eigenvalue weighted by Crippen LogP contribution is -2.48. The van der Waals surface area contributed by atoms with Gasteiger partial charge in [0.2, 0.25) is 5.91 Å². The van der Waals surface area contributed by atoms with E-state index < -0.39 is 0 Å². The normalized spacial score (nSPS) is 14.7. The summed E-state index contributed by atoms with van der Waals surface area (Å²) in [5.74, 6) is 2.11. The zero-order valence-corrected chi connectivity index (χ0v) is 20.3. The minimum Gasteiger partial charge on any atom is -0.493 e. The highest BCUT2D eigenvalue weighted by Crippen LogP contribution is 2.28. The van der Waals surface area contributed by atoms with Gasteiger partial charge in [0.25, 0.3) is 0 Å². The Labute approximate surface area is 205 Å². The van der Waals surface area contributed by atoms with Crippen LogP contribution >= 0.6 is 11.6 Å². The second-order valence-corrected chi connectivity index (χ2v) is 8.73. The molecule has 0 bridgehead atoms. The van der Waals surface area contributed by atoms with E-state index in [9.17, 15) is 4.79 Å². The quantitative estimate of drug-likeness (QED) is 0.503. The van der Waals surface area contributed by atoms with Crippen LogP contribution in [0.4, 0.5) is 5.82 Å². The SMILES string of the molecule is COc1ccc(CN2CCN(CC(=O)Nc3ccnn3Cc3cccc(Cl)c3)CC2)cc1OC. The highest BCUT2D eigenvalue weighted by molar-refractivity contribution is 6.30. The number of ether oxygens (including phenoxy) is 2. The van der Waals surface area contributed by atoms with Gasteiger partial charge in [-0.1, -0.05) is 29.8 Å². The largest absolute Gasteiger partial charge is 0.493 e. The molecule has 8 nitrogen and oxygen atoms in total. The highest BCUT2D eigenvalue weighted by atomic mass is 35.5. The molecule has 9 heteroatoms. The number of piperazine rings is 1. The van der Waals surface area contributed by atoms with E-state index in [1.54, 1.807) is 25.1 Å². The summed E-state index contributed by atoms with van der Waals surface area (Å²) in [4.78, 5) is 17.2. The number of carbonyl (C=O) groups is 1. The van der Waals surface area contributed by atoms with E-state index in [1.807, 2.05) is 42.5 Å². The number of benzene rings is 2. The molecule has 1 aromatic heterocycles. The molecule has 1 aliphatic heterocycles. The fraction of sp³-hybridized carbons (Fsp3) is 0.360. The van der Waals surface area contributed by atoms with E-state index in [-0.39, 0.29) is 5.91 Å². The molecule has 0 atom stereocenters. The Bertz CT molecular complexity index is 1110. The monoisotopic (exact) mass is 483 g/mol. The summed E-state index contributed by atoms with van der Waals surface area (Å²) < 4.78 is 12.5. The van der Waals surface area contributed by atoms with Gasteiger partial charge in [0.1, 0.15) is 5.82 Å². The van der Waals surface area contributed by atoms with E-state index in [0.29, 0.717) is 23.9 Å². The van der Waals surface area contributed by atoms with E-state index in [4.69, 9.17) is 21.1 Å². The summed E-state index contributed by atoms with van der Waals surface area (Å²) in [7, 11) is 3.29. The number of nitrogens with zero attached hydrogens (tertiary/aromatic N) is 4. The number of aromatic nitrogens is 2. The van der Waals surface area contributed by atoms with Crippen LogP contribution in [0, 0.1) is 0 Å². The van der Waals surface area contributed by atoms with Gasteiger partial charge in [0.15, 0.2) is 11.5 Å². The van der Waals surface area contributed by atoms with Crippen molar-refractivity contribution in [2.24, 2.45) is 0 Å². The molecule has 0 saturated carbocycles. The second-order valence-electron chi connectivity index (χ2n) is 8.29. The van der Waals surface area contributed by atoms with Crippen molar-refractivity contribution in [3.8, 4) is 11.5 Å². The first kappa shape index (κ1) is 24.1. The van der Waals surface area contributed by atoms with Crippen LogP contribution in [-0.4, -0.2) is 72.4 Å². The molecule has 3 aromatic rings. The first-order valence-electron chi connectivity index (χ1n) is 11.3. The van der Waals surface area contributed by atoms with E-state index in [2.05, 4.69) is 26.3 Å². The van der Waals surface area contributed by atoms with Crippen molar-refractivity contribution in [3.05, 3.63) is 70.9 Å². The summed E-state index contributed by atoms with van der Waals surface area (Å²) in [5, 5.41) is 8.01. The standard InChI is InChI=1S/C25H30ClN5O3/c1-33-22-7-6-20(15-23(22)34-2)16-29-10-12-30(13-11-29)18-25(32)28-24-8-9-27-31(24)17-19-4-3-5-21(26)14-19/h3-9,14-15H,10-13,16-18H2,1-2H3,(H,28,32). The lowest BCUT2D eigenvalue weighted by molar-refractivity contribution is -0.117. The van der Waals surface area contributed by atoms with Gasteiger partial charge in [-0.2, -0.15) is 5.10 Å². The number of anilines is 1. The molecule has 2 heterocycles. The van der Waals surface area contributed by atoms with Gasteiger partial charge in [-0.15, -0.1) is 0 Å². The number of hydrogen-bond acceptors (Lipinski definition) is 6. The first-order chi connectivity index (χ1) is 16.5. The molecule has 1 saturated heterocycles. The zero-order valence-electron chi connectivity index (χ0n) is 19.5. The fourth-order valence-corrected chi connectivity index (χ4v) is 4.31. The molecule has 4 rings (SSSR count). The molecule has 0 unspecified atom stereocenters. The fourth-order valence-electron chi connectivity index (χ4n) is 4.10. The van der Waals surface area contributed by atoms with Gasteiger partial charge in [-0.05, 0) is 35.4 Å². The molecule has 34 heavy (non-hydrogen) atoms. The third-order valence-corrected chi connectivity index (χ3v) is 6.13. The summed E-state index contributed by atoms with van der Waals surface area (Å²) in [6.45, 7) is 5.20. The van der Waals surface area contributed by atoms with Crippen molar-refractivity contribution in [3.63, 3.8) is 0 Å². The molecular weight excluding hydrogens is 454 g/mol. The van der Waals surface area contributed by atoms with Crippen LogP contribution in [0.25, 0.3) is 0 Å². The van der Waals surface area contributed by atoms with Crippen molar-refractivity contribution in [2.45, 2.75) is 13.1 Å². The molecule has 1 N–H and O–H groups in total. The van der Waals surface area contributed by atoms with Crippen LogP contribution in [0.1, 0.15) is 11.1 Å². The minimum absolute atomic E-state index is 0.0406. The molecule has 0 aliphatic carbocycles. The predicted molar refractivity (Wildman–Crippen MR) is 133 cm³/mol. The molecule has 180 valence electrons.